The monoisotopic (exact) mass is 527 g/mol. The van der Waals surface area contributed by atoms with Crippen LogP contribution in [0.1, 0.15) is 88.8 Å². The SMILES string of the molecule is C/C=C/C/C=C(\C)C(O)CC/C(C)=C/C=C(\C)C(=O)c1c(O)cc([C@H](C)CC/C=C/NC(=O)OC)oc1=O. The number of hydrogen-bond acceptors (Lipinski definition) is 7. The summed E-state index contributed by atoms with van der Waals surface area (Å²) >= 11 is 0. The molecule has 0 radical (unpaired) electrons. The molecular weight excluding hydrogens is 486 g/mol. The quantitative estimate of drug-likeness (QED) is 0.113. The number of rotatable bonds is 14. The Morgan fingerprint density at radius 3 is 2.50 bits per heavy atom. The van der Waals surface area contributed by atoms with Crippen LogP contribution in [0.4, 0.5) is 4.79 Å². The van der Waals surface area contributed by atoms with E-state index >= 15 is 0 Å². The van der Waals surface area contributed by atoms with Crippen LogP contribution in [0.5, 0.6) is 5.75 Å². The lowest BCUT2D eigenvalue weighted by Crippen LogP contribution is -2.17. The molecule has 2 atom stereocenters. The highest BCUT2D eigenvalue weighted by atomic mass is 16.5. The maximum atomic E-state index is 12.9. The second-order valence-electron chi connectivity index (χ2n) is 9.21. The highest BCUT2D eigenvalue weighted by molar-refractivity contribution is 6.09. The van der Waals surface area contributed by atoms with Gasteiger partial charge in [0.25, 0.3) is 0 Å². The summed E-state index contributed by atoms with van der Waals surface area (Å²) in [5, 5.41) is 23.2. The van der Waals surface area contributed by atoms with Crippen LogP contribution >= 0.6 is 0 Å². The predicted molar refractivity (Wildman–Crippen MR) is 149 cm³/mol. The van der Waals surface area contributed by atoms with Crippen LogP contribution in [0.3, 0.4) is 0 Å². The van der Waals surface area contributed by atoms with Gasteiger partial charge in [-0.1, -0.05) is 49.0 Å². The van der Waals surface area contributed by atoms with Gasteiger partial charge in [-0.25, -0.2) is 9.59 Å². The van der Waals surface area contributed by atoms with Crippen LogP contribution in [-0.4, -0.2) is 35.3 Å². The third-order valence-electron chi connectivity index (χ3n) is 6.06. The zero-order chi connectivity index (χ0) is 28.7. The number of carbonyl (C=O) groups excluding carboxylic acids is 2. The van der Waals surface area contributed by atoms with Crippen LogP contribution in [-0.2, 0) is 4.74 Å². The topological polar surface area (TPSA) is 126 Å². The number of amides is 1. The van der Waals surface area contributed by atoms with Gasteiger partial charge in [-0.05, 0) is 70.9 Å². The number of hydrogen-bond donors (Lipinski definition) is 3. The standard InChI is InChI=1S/C30H41NO7/c1-7-8-9-12-21(3)24(32)17-15-20(2)14-16-23(5)28(34)27-25(33)19-26(38-29(27)35)22(4)13-10-11-18-31-30(36)37-6/h7-8,11-12,14,16,18-19,22,24,32-33H,9-10,13,15,17H2,1-6H3,(H,31,36)/b8-7+,18-11+,20-14+,21-12+,23-16+/t22-,24?/m1/s1. The predicted octanol–water partition coefficient (Wildman–Crippen LogP) is 6.23. The molecule has 0 saturated heterocycles. The van der Waals surface area contributed by atoms with E-state index in [1.807, 2.05) is 45.9 Å². The number of aliphatic hydroxyl groups excluding tert-OH is 1. The summed E-state index contributed by atoms with van der Waals surface area (Å²) in [7, 11) is 1.27. The third-order valence-corrected chi connectivity index (χ3v) is 6.06. The fourth-order valence-electron chi connectivity index (χ4n) is 3.45. The minimum absolute atomic E-state index is 0.209. The van der Waals surface area contributed by atoms with E-state index in [-0.39, 0.29) is 17.3 Å². The summed E-state index contributed by atoms with van der Waals surface area (Å²) < 4.78 is 9.82. The lowest BCUT2D eigenvalue weighted by molar-refractivity contribution is 0.102. The molecule has 0 aliphatic rings. The first-order chi connectivity index (χ1) is 18.0. The maximum Gasteiger partial charge on any atom is 0.410 e. The Balaban J connectivity index is 2.82. The summed E-state index contributed by atoms with van der Waals surface area (Å²) in [4.78, 5) is 36.4. The molecule has 1 unspecified atom stereocenters. The molecule has 1 amide bonds. The van der Waals surface area contributed by atoms with E-state index < -0.39 is 34.9 Å². The van der Waals surface area contributed by atoms with Crippen molar-refractivity contribution in [1.82, 2.24) is 5.32 Å². The van der Waals surface area contributed by atoms with Crippen molar-refractivity contribution in [3.8, 4) is 5.75 Å². The summed E-state index contributed by atoms with van der Waals surface area (Å²) in [6.45, 7) is 9.16. The van der Waals surface area contributed by atoms with Crippen LogP contribution in [0.25, 0.3) is 0 Å². The largest absolute Gasteiger partial charge is 0.507 e. The number of ketones is 1. The minimum atomic E-state index is -0.892. The van der Waals surface area contributed by atoms with Gasteiger partial charge in [0.2, 0.25) is 0 Å². The van der Waals surface area contributed by atoms with E-state index in [9.17, 15) is 24.6 Å². The molecule has 0 aromatic carbocycles. The zero-order valence-corrected chi connectivity index (χ0v) is 23.2. The Bertz CT molecular complexity index is 1150. The van der Waals surface area contributed by atoms with Crippen molar-refractivity contribution in [1.29, 1.82) is 0 Å². The first-order valence-electron chi connectivity index (χ1n) is 12.7. The molecule has 1 aromatic heterocycles. The van der Waals surface area contributed by atoms with E-state index in [0.717, 1.165) is 17.6 Å². The first kappa shape index (κ1) is 32.4. The van der Waals surface area contributed by atoms with Gasteiger partial charge in [0.05, 0.1) is 13.2 Å². The molecule has 0 aliphatic heterocycles. The second kappa shape index (κ2) is 17.0. The van der Waals surface area contributed by atoms with E-state index in [0.29, 0.717) is 25.7 Å². The number of carbonyl (C=O) groups is 2. The van der Waals surface area contributed by atoms with Crippen LogP contribution < -0.4 is 10.9 Å². The molecule has 0 saturated carbocycles. The number of ether oxygens (including phenoxy) is 1. The van der Waals surface area contributed by atoms with Gasteiger partial charge in [-0.3, -0.25) is 10.1 Å². The van der Waals surface area contributed by atoms with Crippen LogP contribution in [0.15, 0.2) is 74.7 Å². The molecule has 208 valence electrons. The van der Waals surface area contributed by atoms with Gasteiger partial charge < -0.3 is 19.4 Å². The van der Waals surface area contributed by atoms with Crippen LogP contribution in [0, 0.1) is 0 Å². The average Bonchev–Trinajstić information content (AvgIpc) is 2.89. The zero-order valence-electron chi connectivity index (χ0n) is 23.2. The van der Waals surface area contributed by atoms with Crippen molar-refractivity contribution in [2.75, 3.05) is 7.11 Å². The normalized spacial score (nSPS) is 14.7. The lowest BCUT2D eigenvalue weighted by Gasteiger charge is -2.11. The van der Waals surface area contributed by atoms with Gasteiger partial charge in [-0.2, -0.15) is 0 Å². The molecule has 0 bridgehead atoms. The third kappa shape index (κ3) is 11.2. The summed E-state index contributed by atoms with van der Waals surface area (Å²) in [6.07, 6.45) is 14.6. The van der Waals surface area contributed by atoms with E-state index in [1.54, 1.807) is 25.2 Å². The van der Waals surface area contributed by atoms with Crippen molar-refractivity contribution < 1.29 is 29.0 Å². The van der Waals surface area contributed by atoms with Gasteiger partial charge in [-0.15, -0.1) is 0 Å². The smallest absolute Gasteiger partial charge is 0.410 e. The van der Waals surface area contributed by atoms with Gasteiger partial charge in [0.1, 0.15) is 17.1 Å². The fourth-order valence-corrected chi connectivity index (χ4v) is 3.45. The molecule has 0 aliphatic carbocycles. The number of allylic oxidation sites excluding steroid dienone is 8. The average molecular weight is 528 g/mol. The molecule has 0 spiro atoms. The Morgan fingerprint density at radius 2 is 1.87 bits per heavy atom. The second-order valence-corrected chi connectivity index (χ2v) is 9.21. The molecule has 8 nitrogen and oxygen atoms in total. The van der Waals surface area contributed by atoms with Crippen molar-refractivity contribution in [2.24, 2.45) is 0 Å². The number of aliphatic hydroxyl groups is 1. The molecule has 8 heteroatoms. The molecule has 0 fully saturated rings. The molecule has 1 rings (SSSR count). The number of Topliss-reactive ketones (excluding diaryl/α,β-unsaturated/α-hetero) is 1. The Kier molecular flexibility index (Phi) is 14.5. The van der Waals surface area contributed by atoms with Crippen molar-refractivity contribution in [2.45, 2.75) is 78.7 Å². The molecular formula is C30H41NO7. The van der Waals surface area contributed by atoms with Gasteiger partial charge >= 0.3 is 11.7 Å². The number of aromatic hydroxyl groups is 1. The lowest BCUT2D eigenvalue weighted by atomic mass is 9.99. The summed E-state index contributed by atoms with van der Waals surface area (Å²) in [5.74, 6) is -0.976. The molecule has 3 N–H and O–H groups in total. The summed E-state index contributed by atoms with van der Waals surface area (Å²) in [5.41, 5.74) is 0.870. The Morgan fingerprint density at radius 1 is 1.16 bits per heavy atom. The van der Waals surface area contributed by atoms with Crippen molar-refractivity contribution >= 4 is 11.9 Å². The maximum absolute atomic E-state index is 12.9. The minimum Gasteiger partial charge on any atom is -0.507 e. The van der Waals surface area contributed by atoms with Gasteiger partial charge in [0.15, 0.2) is 5.78 Å². The van der Waals surface area contributed by atoms with Crippen molar-refractivity contribution in [3.05, 3.63) is 87.2 Å². The Hall–Kier alpha value is -3.65. The number of methoxy groups -OCH3 is 1. The molecule has 38 heavy (non-hydrogen) atoms. The van der Waals surface area contributed by atoms with Crippen molar-refractivity contribution in [3.63, 3.8) is 0 Å². The van der Waals surface area contributed by atoms with E-state index in [4.69, 9.17) is 4.42 Å². The molecule has 1 heterocycles. The van der Waals surface area contributed by atoms with Gasteiger partial charge in [0, 0.05) is 18.2 Å². The fraction of sp³-hybridized carbons (Fsp3) is 0.433. The number of nitrogens with one attached hydrogen (secondary N) is 1. The first-order valence-corrected chi connectivity index (χ1v) is 12.7. The number of alkyl carbamates (subject to hydrolysis) is 1. The van der Waals surface area contributed by atoms with E-state index in [2.05, 4.69) is 10.1 Å². The highest BCUT2D eigenvalue weighted by Crippen LogP contribution is 2.26. The Labute approximate surface area is 225 Å². The van der Waals surface area contributed by atoms with E-state index in [1.165, 1.54) is 19.4 Å². The molecule has 1 aromatic rings. The highest BCUT2D eigenvalue weighted by Gasteiger charge is 2.22. The summed E-state index contributed by atoms with van der Waals surface area (Å²) in [6, 6.07) is 1.30. The van der Waals surface area contributed by atoms with Crippen LogP contribution in [0.2, 0.25) is 0 Å².